The van der Waals surface area contributed by atoms with Crippen molar-refractivity contribution in [3.05, 3.63) is 60.7 Å². The highest BCUT2D eigenvalue weighted by Crippen LogP contribution is 2.26. The lowest BCUT2D eigenvalue weighted by atomic mass is 10.2. The summed E-state index contributed by atoms with van der Waals surface area (Å²) in [5, 5.41) is 3.77. The van der Waals surface area contributed by atoms with Crippen LogP contribution in [0.25, 0.3) is 0 Å². The highest BCUT2D eigenvalue weighted by molar-refractivity contribution is 8.04. The Hall–Kier alpha value is -1.89. The molecule has 2 aromatic rings. The summed E-state index contributed by atoms with van der Waals surface area (Å²) in [7, 11) is -4.31. The summed E-state index contributed by atoms with van der Waals surface area (Å²) in [5.41, 5.74) is 0.875. The molecular formula is C13H13ClN2O3S. The van der Waals surface area contributed by atoms with E-state index in [1.54, 1.807) is 60.7 Å². The molecule has 2 rings (SSSR count). The number of para-hydroxylation sites is 2. The molecule has 0 aliphatic heterocycles. The zero-order valence-corrected chi connectivity index (χ0v) is 12.0. The van der Waals surface area contributed by atoms with Gasteiger partial charge in [0.2, 0.25) is 0 Å². The fraction of sp³-hybridized carbons (Fsp3) is 0. The van der Waals surface area contributed by atoms with Crippen molar-refractivity contribution < 1.29 is 13.2 Å². The number of hydrogen-bond donors (Lipinski definition) is 1. The zero-order valence-electron chi connectivity index (χ0n) is 10.3. The fourth-order valence-corrected chi connectivity index (χ4v) is 2.11. The Kier molecular flexibility index (Phi) is 5.26. The maximum absolute atomic E-state index is 12.0. The number of amides is 1. The number of nitrogens with two attached hydrogens (primary N) is 1. The standard InChI is InChI=1S/C13H12N2O3S.ClH/c14-19(17,18)13(16)15(11-7-3-1-4-8-11)12-9-5-2-6-10-12;/h1-10H,(H2,14,17,18);1H. The molecule has 106 valence electrons. The molecule has 0 fully saturated rings. The Labute approximate surface area is 123 Å². The first-order valence-corrected chi connectivity index (χ1v) is 7.02. The van der Waals surface area contributed by atoms with Gasteiger partial charge in [0.05, 0.1) is 0 Å². The topological polar surface area (TPSA) is 80.5 Å². The van der Waals surface area contributed by atoms with Crippen LogP contribution in [0.1, 0.15) is 0 Å². The lowest BCUT2D eigenvalue weighted by Crippen LogP contribution is -2.35. The highest BCUT2D eigenvalue weighted by atomic mass is 35.5. The van der Waals surface area contributed by atoms with Gasteiger partial charge in [-0.3, -0.25) is 9.69 Å². The summed E-state index contributed by atoms with van der Waals surface area (Å²) in [6.07, 6.45) is 0. The van der Waals surface area contributed by atoms with Crippen molar-refractivity contribution in [2.24, 2.45) is 5.14 Å². The Morgan fingerprint density at radius 1 is 0.850 bits per heavy atom. The molecule has 1 amide bonds. The minimum atomic E-state index is -4.31. The summed E-state index contributed by atoms with van der Waals surface area (Å²) in [5.74, 6) is 0. The van der Waals surface area contributed by atoms with E-state index in [0.29, 0.717) is 11.4 Å². The number of hydrogen-bond acceptors (Lipinski definition) is 3. The first-order valence-electron chi connectivity index (χ1n) is 5.47. The van der Waals surface area contributed by atoms with Gasteiger partial charge >= 0.3 is 5.24 Å². The van der Waals surface area contributed by atoms with E-state index in [9.17, 15) is 13.2 Å². The number of carbonyl (C=O) groups is 1. The van der Waals surface area contributed by atoms with Crippen LogP contribution in [0, 0.1) is 0 Å². The molecule has 20 heavy (non-hydrogen) atoms. The van der Waals surface area contributed by atoms with Gasteiger partial charge in [-0.15, -0.1) is 12.4 Å². The summed E-state index contributed by atoms with van der Waals surface area (Å²) in [6.45, 7) is 0. The van der Waals surface area contributed by atoms with Gasteiger partial charge in [-0.05, 0) is 24.3 Å². The third-order valence-corrected chi connectivity index (χ3v) is 3.12. The van der Waals surface area contributed by atoms with Crippen molar-refractivity contribution in [2.75, 3.05) is 4.90 Å². The second kappa shape index (κ2) is 6.51. The van der Waals surface area contributed by atoms with E-state index >= 15 is 0 Å². The van der Waals surface area contributed by atoms with Gasteiger partial charge in [0, 0.05) is 11.4 Å². The van der Waals surface area contributed by atoms with Crippen molar-refractivity contribution in [3.63, 3.8) is 0 Å². The molecule has 0 unspecified atom stereocenters. The third-order valence-electron chi connectivity index (χ3n) is 2.45. The quantitative estimate of drug-likeness (QED) is 0.925. The van der Waals surface area contributed by atoms with Crippen LogP contribution in [0.4, 0.5) is 16.2 Å². The molecular weight excluding hydrogens is 300 g/mol. The van der Waals surface area contributed by atoms with E-state index in [4.69, 9.17) is 5.14 Å². The van der Waals surface area contributed by atoms with Gasteiger partial charge in [0.15, 0.2) is 0 Å². The Morgan fingerprint density at radius 2 is 1.20 bits per heavy atom. The molecule has 7 heteroatoms. The van der Waals surface area contributed by atoms with Crippen LogP contribution in [0.2, 0.25) is 0 Å². The van der Waals surface area contributed by atoms with Gasteiger partial charge in [-0.2, -0.15) is 0 Å². The Bertz CT molecular complexity index is 636. The van der Waals surface area contributed by atoms with Gasteiger partial charge in [0.1, 0.15) is 0 Å². The number of benzene rings is 2. The van der Waals surface area contributed by atoms with Crippen LogP contribution in [0.3, 0.4) is 0 Å². The summed E-state index contributed by atoms with van der Waals surface area (Å²) in [6, 6.07) is 16.9. The molecule has 0 aliphatic carbocycles. The van der Waals surface area contributed by atoms with Crippen LogP contribution in [-0.2, 0) is 10.0 Å². The number of anilines is 2. The first kappa shape index (κ1) is 16.2. The van der Waals surface area contributed by atoms with E-state index in [-0.39, 0.29) is 12.4 Å². The lowest BCUT2D eigenvalue weighted by molar-refractivity contribution is 0.264. The number of halogens is 1. The minimum Gasteiger partial charge on any atom is -0.267 e. The summed E-state index contributed by atoms with van der Waals surface area (Å²) >= 11 is 0. The molecule has 0 bridgehead atoms. The average Bonchev–Trinajstić information content (AvgIpc) is 2.40. The Morgan fingerprint density at radius 3 is 1.50 bits per heavy atom. The molecule has 0 atom stereocenters. The molecule has 0 aliphatic rings. The summed E-state index contributed by atoms with van der Waals surface area (Å²) in [4.78, 5) is 13.0. The normalized spacial score (nSPS) is 10.4. The van der Waals surface area contributed by atoms with Crippen molar-refractivity contribution in [2.45, 2.75) is 0 Å². The molecule has 0 saturated heterocycles. The molecule has 0 spiro atoms. The van der Waals surface area contributed by atoms with Crippen LogP contribution < -0.4 is 10.0 Å². The van der Waals surface area contributed by atoms with Crippen LogP contribution >= 0.6 is 12.4 Å². The molecule has 0 heterocycles. The SMILES string of the molecule is Cl.NS(=O)(=O)C(=O)N(c1ccccc1)c1ccccc1. The predicted octanol–water partition coefficient (Wildman–Crippen LogP) is 2.66. The van der Waals surface area contributed by atoms with E-state index in [2.05, 4.69) is 0 Å². The van der Waals surface area contributed by atoms with Crippen molar-refractivity contribution in [1.29, 1.82) is 0 Å². The molecule has 0 aromatic heterocycles. The van der Waals surface area contributed by atoms with E-state index < -0.39 is 15.3 Å². The van der Waals surface area contributed by atoms with Crippen molar-refractivity contribution in [3.8, 4) is 0 Å². The van der Waals surface area contributed by atoms with Gasteiger partial charge < -0.3 is 0 Å². The lowest BCUT2D eigenvalue weighted by Gasteiger charge is -2.21. The van der Waals surface area contributed by atoms with Gasteiger partial charge in [0.25, 0.3) is 10.0 Å². The number of nitrogens with zero attached hydrogens (tertiary/aromatic N) is 1. The number of primary sulfonamides is 1. The first-order chi connectivity index (χ1) is 9.00. The van der Waals surface area contributed by atoms with E-state index in [1.807, 2.05) is 0 Å². The van der Waals surface area contributed by atoms with Gasteiger partial charge in [-0.1, -0.05) is 36.4 Å². The second-order valence-electron chi connectivity index (χ2n) is 3.82. The number of sulfonamides is 1. The smallest absolute Gasteiger partial charge is 0.267 e. The van der Waals surface area contributed by atoms with Crippen molar-refractivity contribution in [1.82, 2.24) is 0 Å². The molecule has 2 aromatic carbocycles. The third kappa shape index (κ3) is 3.57. The predicted molar refractivity (Wildman–Crippen MR) is 80.8 cm³/mol. The Balaban J connectivity index is 0.00000200. The number of rotatable bonds is 2. The fourth-order valence-electron chi connectivity index (χ4n) is 1.64. The van der Waals surface area contributed by atoms with Crippen LogP contribution in [-0.4, -0.2) is 13.7 Å². The molecule has 5 nitrogen and oxygen atoms in total. The highest BCUT2D eigenvalue weighted by Gasteiger charge is 2.27. The summed E-state index contributed by atoms with van der Waals surface area (Å²) < 4.78 is 22.6. The van der Waals surface area contributed by atoms with Crippen molar-refractivity contribution >= 4 is 39.0 Å². The number of carbonyl (C=O) groups excluding carboxylic acids is 1. The molecule has 2 N–H and O–H groups in total. The molecule has 0 radical (unpaired) electrons. The maximum Gasteiger partial charge on any atom is 0.362 e. The second-order valence-corrected chi connectivity index (χ2v) is 5.26. The van der Waals surface area contributed by atoms with E-state index in [0.717, 1.165) is 4.90 Å². The van der Waals surface area contributed by atoms with Gasteiger partial charge in [-0.25, -0.2) is 13.6 Å². The van der Waals surface area contributed by atoms with Crippen LogP contribution in [0.5, 0.6) is 0 Å². The largest absolute Gasteiger partial charge is 0.362 e. The average molecular weight is 313 g/mol. The minimum absolute atomic E-state index is 0. The zero-order chi connectivity index (χ0) is 13.9. The van der Waals surface area contributed by atoms with E-state index in [1.165, 1.54) is 0 Å². The maximum atomic E-state index is 12.0. The van der Waals surface area contributed by atoms with Crippen LogP contribution in [0.15, 0.2) is 60.7 Å². The molecule has 0 saturated carbocycles. The monoisotopic (exact) mass is 312 g/mol.